The fourth-order valence-corrected chi connectivity index (χ4v) is 3.42. The second-order valence-corrected chi connectivity index (χ2v) is 7.48. The summed E-state index contributed by atoms with van der Waals surface area (Å²) in [7, 11) is -3.74. The van der Waals surface area contributed by atoms with E-state index in [-0.39, 0.29) is 4.90 Å². The van der Waals surface area contributed by atoms with E-state index in [0.717, 1.165) is 31.6 Å². The number of rotatable bonds is 5. The third-order valence-electron chi connectivity index (χ3n) is 3.79. The first-order chi connectivity index (χ1) is 9.86. The van der Waals surface area contributed by atoms with Gasteiger partial charge in [0.1, 0.15) is 0 Å². The van der Waals surface area contributed by atoms with Crippen LogP contribution in [-0.2, 0) is 21.3 Å². The van der Waals surface area contributed by atoms with Gasteiger partial charge in [-0.05, 0) is 49.4 Å². The minimum absolute atomic E-state index is 0.0421. The highest BCUT2D eigenvalue weighted by atomic mass is 35.5. The van der Waals surface area contributed by atoms with E-state index in [1.807, 2.05) is 0 Å². The van der Waals surface area contributed by atoms with Crippen LogP contribution in [0.4, 0.5) is 0 Å². The molecule has 0 radical (unpaired) electrons. The number of primary sulfonamides is 1. The maximum Gasteiger partial charge on any atom is 0.238 e. The summed E-state index contributed by atoms with van der Waals surface area (Å²) in [6.07, 6.45) is 2.23. The van der Waals surface area contributed by atoms with Crippen LogP contribution in [0.5, 0.6) is 0 Å². The van der Waals surface area contributed by atoms with Gasteiger partial charge in [0, 0.05) is 24.2 Å². The Bertz CT molecular complexity index is 586. The van der Waals surface area contributed by atoms with Crippen molar-refractivity contribution in [2.24, 2.45) is 11.1 Å². The molecular formula is C14H21ClN2O3S. The Hall–Kier alpha value is -0.660. The van der Waals surface area contributed by atoms with E-state index in [4.69, 9.17) is 21.5 Å². The van der Waals surface area contributed by atoms with Crippen molar-refractivity contribution in [2.75, 3.05) is 13.2 Å². The molecule has 0 bridgehead atoms. The van der Waals surface area contributed by atoms with E-state index in [2.05, 4.69) is 12.2 Å². The molecule has 0 saturated carbocycles. The first-order valence-corrected chi connectivity index (χ1v) is 8.92. The summed E-state index contributed by atoms with van der Waals surface area (Å²) in [5.41, 5.74) is 0.801. The standard InChI is InChI=1S/C14H21ClN2O3S/c1-10(12-3-2-4-20-9-12)17-8-11-5-13(15)7-14(6-11)21(16,18)19/h5-7,10,12,17H,2-4,8-9H2,1H3,(H2,16,18,19)/t10-,12+/m0/s1. The molecule has 0 unspecified atom stereocenters. The molecule has 5 nitrogen and oxygen atoms in total. The van der Waals surface area contributed by atoms with Crippen LogP contribution in [0.15, 0.2) is 23.1 Å². The molecular weight excluding hydrogens is 312 g/mol. The van der Waals surface area contributed by atoms with Gasteiger partial charge in [-0.2, -0.15) is 0 Å². The van der Waals surface area contributed by atoms with E-state index in [1.165, 1.54) is 6.07 Å². The van der Waals surface area contributed by atoms with E-state index in [9.17, 15) is 8.42 Å². The van der Waals surface area contributed by atoms with Gasteiger partial charge in [-0.3, -0.25) is 0 Å². The molecule has 118 valence electrons. The Morgan fingerprint density at radius 1 is 1.48 bits per heavy atom. The lowest BCUT2D eigenvalue weighted by Gasteiger charge is -2.28. The smallest absolute Gasteiger partial charge is 0.238 e. The highest BCUT2D eigenvalue weighted by Gasteiger charge is 2.20. The van der Waals surface area contributed by atoms with Crippen LogP contribution >= 0.6 is 11.6 Å². The number of sulfonamides is 1. The average Bonchev–Trinajstić information content (AvgIpc) is 2.44. The SMILES string of the molecule is C[C@H](NCc1cc(Cl)cc(S(N)(=O)=O)c1)[C@@H]1CCCOC1. The average molecular weight is 333 g/mol. The van der Waals surface area contributed by atoms with Gasteiger partial charge in [0.2, 0.25) is 10.0 Å². The van der Waals surface area contributed by atoms with Crippen molar-refractivity contribution >= 4 is 21.6 Å². The lowest BCUT2D eigenvalue weighted by atomic mass is 9.95. The maximum atomic E-state index is 11.4. The highest BCUT2D eigenvalue weighted by Crippen LogP contribution is 2.20. The number of nitrogens with two attached hydrogens (primary N) is 1. The maximum absolute atomic E-state index is 11.4. The van der Waals surface area contributed by atoms with Crippen LogP contribution in [0.1, 0.15) is 25.3 Å². The molecule has 7 heteroatoms. The normalized spacial score (nSPS) is 21.2. The molecule has 0 spiro atoms. The van der Waals surface area contributed by atoms with Crippen LogP contribution in [-0.4, -0.2) is 27.7 Å². The topological polar surface area (TPSA) is 81.4 Å². The van der Waals surface area contributed by atoms with Gasteiger partial charge in [0.25, 0.3) is 0 Å². The second-order valence-electron chi connectivity index (χ2n) is 5.49. The largest absolute Gasteiger partial charge is 0.381 e. The third kappa shape index (κ3) is 4.93. The zero-order valence-corrected chi connectivity index (χ0v) is 13.6. The molecule has 1 saturated heterocycles. The van der Waals surface area contributed by atoms with Crippen molar-refractivity contribution in [3.63, 3.8) is 0 Å². The predicted molar refractivity (Wildman–Crippen MR) is 82.7 cm³/mol. The molecule has 1 aliphatic heterocycles. The molecule has 21 heavy (non-hydrogen) atoms. The van der Waals surface area contributed by atoms with Gasteiger partial charge in [-0.25, -0.2) is 13.6 Å². The summed E-state index contributed by atoms with van der Waals surface area (Å²) in [6.45, 7) is 4.27. The van der Waals surface area contributed by atoms with Gasteiger partial charge in [0.05, 0.1) is 11.5 Å². The van der Waals surface area contributed by atoms with Crippen molar-refractivity contribution in [2.45, 2.75) is 37.2 Å². The first kappa shape index (κ1) is 16.7. The van der Waals surface area contributed by atoms with Crippen molar-refractivity contribution in [1.29, 1.82) is 0 Å². The molecule has 1 fully saturated rings. The number of benzene rings is 1. The van der Waals surface area contributed by atoms with Gasteiger partial charge < -0.3 is 10.1 Å². The minimum Gasteiger partial charge on any atom is -0.381 e. The number of hydrogen-bond donors (Lipinski definition) is 2. The van der Waals surface area contributed by atoms with Crippen molar-refractivity contribution in [1.82, 2.24) is 5.32 Å². The molecule has 2 atom stereocenters. The van der Waals surface area contributed by atoms with Gasteiger partial charge in [-0.1, -0.05) is 11.6 Å². The molecule has 2 rings (SSSR count). The molecule has 1 aromatic carbocycles. The Labute approximate surface area is 130 Å². The Balaban J connectivity index is 2.01. The Kier molecular flexibility index (Phi) is 5.62. The fraction of sp³-hybridized carbons (Fsp3) is 0.571. The van der Waals surface area contributed by atoms with E-state index < -0.39 is 10.0 Å². The summed E-state index contributed by atoms with van der Waals surface area (Å²) in [6, 6.07) is 4.95. The number of nitrogens with one attached hydrogen (secondary N) is 1. The quantitative estimate of drug-likeness (QED) is 0.862. The summed E-state index contributed by atoms with van der Waals surface area (Å²) in [4.78, 5) is 0.0421. The van der Waals surface area contributed by atoms with Gasteiger partial charge >= 0.3 is 0 Å². The van der Waals surface area contributed by atoms with Gasteiger partial charge in [0.15, 0.2) is 0 Å². The molecule has 0 amide bonds. The number of hydrogen-bond acceptors (Lipinski definition) is 4. The second kappa shape index (κ2) is 7.07. The molecule has 0 aliphatic carbocycles. The molecule has 1 aliphatic rings. The Morgan fingerprint density at radius 2 is 2.24 bits per heavy atom. The van der Waals surface area contributed by atoms with E-state index in [0.29, 0.717) is 23.5 Å². The highest BCUT2D eigenvalue weighted by molar-refractivity contribution is 7.89. The number of halogens is 1. The minimum atomic E-state index is -3.74. The molecule has 1 aromatic rings. The van der Waals surface area contributed by atoms with Crippen LogP contribution in [0, 0.1) is 5.92 Å². The molecule has 0 aromatic heterocycles. The number of ether oxygens (including phenoxy) is 1. The Morgan fingerprint density at radius 3 is 2.86 bits per heavy atom. The summed E-state index contributed by atoms with van der Waals surface area (Å²) in [5.74, 6) is 0.482. The van der Waals surface area contributed by atoms with Crippen LogP contribution in [0.25, 0.3) is 0 Å². The molecule has 1 heterocycles. The van der Waals surface area contributed by atoms with Crippen molar-refractivity contribution in [3.8, 4) is 0 Å². The summed E-state index contributed by atoms with van der Waals surface area (Å²) < 4.78 is 28.3. The fourth-order valence-electron chi connectivity index (χ4n) is 2.49. The zero-order valence-electron chi connectivity index (χ0n) is 12.0. The summed E-state index contributed by atoms with van der Waals surface area (Å²) >= 11 is 5.95. The van der Waals surface area contributed by atoms with E-state index in [1.54, 1.807) is 12.1 Å². The lowest BCUT2D eigenvalue weighted by Crippen LogP contribution is -2.37. The molecule has 3 N–H and O–H groups in total. The summed E-state index contributed by atoms with van der Waals surface area (Å²) in [5, 5.41) is 8.91. The van der Waals surface area contributed by atoms with Crippen LogP contribution < -0.4 is 10.5 Å². The van der Waals surface area contributed by atoms with Crippen LogP contribution in [0.3, 0.4) is 0 Å². The lowest BCUT2D eigenvalue weighted by molar-refractivity contribution is 0.0417. The van der Waals surface area contributed by atoms with Crippen LogP contribution in [0.2, 0.25) is 5.02 Å². The zero-order chi connectivity index (χ0) is 15.5. The third-order valence-corrected chi connectivity index (χ3v) is 4.90. The van der Waals surface area contributed by atoms with Crippen molar-refractivity contribution < 1.29 is 13.2 Å². The van der Waals surface area contributed by atoms with Crippen molar-refractivity contribution in [3.05, 3.63) is 28.8 Å². The first-order valence-electron chi connectivity index (χ1n) is 6.99. The van der Waals surface area contributed by atoms with Gasteiger partial charge in [-0.15, -0.1) is 0 Å². The monoisotopic (exact) mass is 332 g/mol. The predicted octanol–water partition coefficient (Wildman–Crippen LogP) is 1.89. The van der Waals surface area contributed by atoms with E-state index >= 15 is 0 Å².